The molecule has 0 fully saturated rings. The maximum atomic E-state index is 12.3. The fourth-order valence-corrected chi connectivity index (χ4v) is 4.08. The monoisotopic (exact) mass is 390 g/mol. The summed E-state index contributed by atoms with van der Waals surface area (Å²) in [4.78, 5) is 8.47. The lowest BCUT2D eigenvalue weighted by Gasteiger charge is -2.10. The lowest BCUT2D eigenvalue weighted by atomic mass is 10.3. The SMILES string of the molecule is CNc1ncc(Br)cc1S(=O)(=O)NCCc1csc(C)n1. The lowest BCUT2D eigenvalue weighted by molar-refractivity contribution is 0.581. The largest absolute Gasteiger partial charge is 0.372 e. The Balaban J connectivity index is 2.09. The molecule has 0 bridgehead atoms. The van der Waals surface area contributed by atoms with Gasteiger partial charge in [-0.2, -0.15) is 0 Å². The number of thiazole rings is 1. The Morgan fingerprint density at radius 1 is 1.43 bits per heavy atom. The first kappa shape index (κ1) is 16.3. The highest BCUT2D eigenvalue weighted by atomic mass is 79.9. The summed E-state index contributed by atoms with van der Waals surface area (Å²) in [5.74, 6) is 0.315. The topological polar surface area (TPSA) is 84.0 Å². The van der Waals surface area contributed by atoms with Crippen LogP contribution in [0.4, 0.5) is 5.82 Å². The molecule has 0 amide bonds. The molecule has 0 aliphatic heterocycles. The number of rotatable bonds is 6. The van der Waals surface area contributed by atoms with Crippen molar-refractivity contribution in [2.45, 2.75) is 18.2 Å². The predicted octanol–water partition coefficient (Wildman–Crippen LogP) is 2.17. The van der Waals surface area contributed by atoms with E-state index < -0.39 is 10.0 Å². The van der Waals surface area contributed by atoms with Gasteiger partial charge in [-0.3, -0.25) is 0 Å². The molecule has 2 aromatic rings. The number of aromatic nitrogens is 2. The second kappa shape index (κ2) is 6.82. The minimum absolute atomic E-state index is 0.119. The molecule has 0 aliphatic rings. The number of nitrogens with zero attached hydrogens (tertiary/aromatic N) is 2. The smallest absolute Gasteiger partial charge is 0.244 e. The molecular formula is C12H15BrN4O2S2. The summed E-state index contributed by atoms with van der Waals surface area (Å²) in [7, 11) is -1.99. The first-order valence-corrected chi connectivity index (χ1v) is 9.32. The van der Waals surface area contributed by atoms with E-state index in [0.29, 0.717) is 23.3 Å². The Morgan fingerprint density at radius 2 is 2.19 bits per heavy atom. The highest BCUT2D eigenvalue weighted by Crippen LogP contribution is 2.22. The van der Waals surface area contributed by atoms with E-state index in [1.807, 2.05) is 12.3 Å². The van der Waals surface area contributed by atoms with Gasteiger partial charge in [-0.1, -0.05) is 0 Å². The third-order valence-corrected chi connectivity index (χ3v) is 5.42. The molecule has 0 saturated carbocycles. The Hall–Kier alpha value is -1.03. The van der Waals surface area contributed by atoms with Crippen LogP contribution >= 0.6 is 27.3 Å². The predicted molar refractivity (Wildman–Crippen MR) is 87.2 cm³/mol. The number of pyridine rings is 1. The molecule has 9 heteroatoms. The quantitative estimate of drug-likeness (QED) is 0.789. The zero-order valence-corrected chi connectivity index (χ0v) is 14.8. The van der Waals surface area contributed by atoms with Crippen molar-refractivity contribution in [3.05, 3.63) is 32.8 Å². The van der Waals surface area contributed by atoms with Crippen molar-refractivity contribution in [3.8, 4) is 0 Å². The van der Waals surface area contributed by atoms with Crippen LogP contribution in [0.15, 0.2) is 27.0 Å². The first-order valence-electron chi connectivity index (χ1n) is 6.16. The minimum Gasteiger partial charge on any atom is -0.372 e. The summed E-state index contributed by atoms with van der Waals surface area (Å²) in [6, 6.07) is 1.52. The van der Waals surface area contributed by atoms with Crippen LogP contribution in [-0.2, 0) is 16.4 Å². The number of hydrogen-bond acceptors (Lipinski definition) is 6. The standard InChI is InChI=1S/C12H15BrN4O2S2/c1-8-17-10(7-20-8)3-4-16-21(18,19)11-5-9(13)6-15-12(11)14-2/h5-7,16H,3-4H2,1-2H3,(H,14,15). The second-order valence-electron chi connectivity index (χ2n) is 4.26. The summed E-state index contributed by atoms with van der Waals surface area (Å²) in [6.07, 6.45) is 2.10. The van der Waals surface area contributed by atoms with Gasteiger partial charge < -0.3 is 5.32 Å². The Morgan fingerprint density at radius 3 is 2.81 bits per heavy atom. The summed E-state index contributed by atoms with van der Waals surface area (Å²) < 4.78 is 27.8. The number of halogens is 1. The molecule has 2 aromatic heterocycles. The Kier molecular flexibility index (Phi) is 5.31. The van der Waals surface area contributed by atoms with Crippen LogP contribution in [0.25, 0.3) is 0 Å². The van der Waals surface area contributed by atoms with Gasteiger partial charge in [0.15, 0.2) is 0 Å². The van der Waals surface area contributed by atoms with Crippen LogP contribution < -0.4 is 10.0 Å². The average molecular weight is 391 g/mol. The van der Waals surface area contributed by atoms with Gasteiger partial charge in [-0.15, -0.1) is 11.3 Å². The van der Waals surface area contributed by atoms with Gasteiger partial charge >= 0.3 is 0 Å². The second-order valence-corrected chi connectivity index (χ2v) is 7.97. The molecule has 21 heavy (non-hydrogen) atoms. The number of sulfonamides is 1. The maximum Gasteiger partial charge on any atom is 0.244 e. The van der Waals surface area contributed by atoms with Gasteiger partial charge in [0.2, 0.25) is 10.0 Å². The van der Waals surface area contributed by atoms with Crippen molar-refractivity contribution in [1.82, 2.24) is 14.7 Å². The van der Waals surface area contributed by atoms with E-state index in [4.69, 9.17) is 0 Å². The van der Waals surface area contributed by atoms with Crippen molar-refractivity contribution in [3.63, 3.8) is 0 Å². The van der Waals surface area contributed by atoms with Crippen LogP contribution in [0.1, 0.15) is 10.7 Å². The van der Waals surface area contributed by atoms with E-state index in [2.05, 4.69) is 35.9 Å². The number of anilines is 1. The number of aryl methyl sites for hydroxylation is 1. The average Bonchev–Trinajstić information content (AvgIpc) is 2.84. The summed E-state index contributed by atoms with van der Waals surface area (Å²) in [5, 5.41) is 5.69. The van der Waals surface area contributed by atoms with E-state index >= 15 is 0 Å². The van der Waals surface area contributed by atoms with Gasteiger partial charge in [-0.05, 0) is 28.9 Å². The summed E-state index contributed by atoms with van der Waals surface area (Å²) in [6.45, 7) is 2.21. The summed E-state index contributed by atoms with van der Waals surface area (Å²) >= 11 is 4.79. The van der Waals surface area contributed by atoms with E-state index in [1.54, 1.807) is 24.6 Å². The normalized spacial score (nSPS) is 11.6. The number of hydrogen-bond donors (Lipinski definition) is 2. The third kappa shape index (κ3) is 4.22. The fourth-order valence-electron chi connectivity index (χ4n) is 1.73. The van der Waals surface area contributed by atoms with Gasteiger partial charge in [0.05, 0.1) is 10.7 Å². The maximum absolute atomic E-state index is 12.3. The zero-order valence-electron chi connectivity index (χ0n) is 11.6. The van der Waals surface area contributed by atoms with E-state index in [-0.39, 0.29) is 4.90 Å². The van der Waals surface area contributed by atoms with Crippen molar-refractivity contribution in [2.24, 2.45) is 0 Å². The molecule has 0 unspecified atom stereocenters. The van der Waals surface area contributed by atoms with Crippen molar-refractivity contribution < 1.29 is 8.42 Å². The first-order chi connectivity index (χ1) is 9.92. The minimum atomic E-state index is -3.62. The van der Waals surface area contributed by atoms with Crippen LogP contribution in [0.2, 0.25) is 0 Å². The van der Waals surface area contributed by atoms with Gasteiger partial charge in [0, 0.05) is 36.1 Å². The van der Waals surface area contributed by atoms with E-state index in [1.165, 1.54) is 6.07 Å². The van der Waals surface area contributed by atoms with Crippen LogP contribution in [-0.4, -0.2) is 32.0 Å². The number of nitrogens with one attached hydrogen (secondary N) is 2. The molecule has 0 atom stereocenters. The molecule has 0 radical (unpaired) electrons. The molecule has 0 spiro atoms. The third-order valence-electron chi connectivity index (χ3n) is 2.69. The van der Waals surface area contributed by atoms with Crippen LogP contribution in [0.5, 0.6) is 0 Å². The summed E-state index contributed by atoms with van der Waals surface area (Å²) in [5.41, 5.74) is 0.890. The highest BCUT2D eigenvalue weighted by Gasteiger charge is 2.19. The van der Waals surface area contributed by atoms with Gasteiger partial charge in [-0.25, -0.2) is 23.1 Å². The molecule has 0 aromatic carbocycles. The van der Waals surface area contributed by atoms with Crippen LogP contribution in [0, 0.1) is 6.92 Å². The Bertz CT molecular complexity index is 731. The van der Waals surface area contributed by atoms with Crippen molar-refractivity contribution >= 4 is 43.1 Å². The molecule has 114 valence electrons. The molecule has 2 heterocycles. The van der Waals surface area contributed by atoms with E-state index in [0.717, 1.165) is 10.7 Å². The zero-order chi connectivity index (χ0) is 15.5. The molecule has 2 N–H and O–H groups in total. The van der Waals surface area contributed by atoms with Crippen molar-refractivity contribution in [2.75, 3.05) is 18.9 Å². The highest BCUT2D eigenvalue weighted by molar-refractivity contribution is 9.10. The molecule has 2 rings (SSSR count). The van der Waals surface area contributed by atoms with Crippen LogP contribution in [0.3, 0.4) is 0 Å². The molecule has 6 nitrogen and oxygen atoms in total. The molecule has 0 aliphatic carbocycles. The Labute approximate surface area is 136 Å². The lowest BCUT2D eigenvalue weighted by Crippen LogP contribution is -2.27. The fraction of sp³-hybridized carbons (Fsp3) is 0.333. The van der Waals surface area contributed by atoms with Gasteiger partial charge in [0.1, 0.15) is 10.7 Å². The molecule has 0 saturated heterocycles. The molecular weight excluding hydrogens is 376 g/mol. The van der Waals surface area contributed by atoms with Crippen molar-refractivity contribution in [1.29, 1.82) is 0 Å². The van der Waals surface area contributed by atoms with Gasteiger partial charge in [0.25, 0.3) is 0 Å². The van der Waals surface area contributed by atoms with E-state index in [9.17, 15) is 8.42 Å².